The summed E-state index contributed by atoms with van der Waals surface area (Å²) in [4.78, 5) is 0. The Morgan fingerprint density at radius 2 is 1.94 bits per heavy atom. The van der Waals surface area contributed by atoms with Crippen molar-refractivity contribution in [2.45, 2.75) is 38.1 Å². The van der Waals surface area contributed by atoms with Crippen molar-refractivity contribution in [3.05, 3.63) is 18.2 Å². The van der Waals surface area contributed by atoms with Crippen LogP contribution in [0.3, 0.4) is 0 Å². The van der Waals surface area contributed by atoms with Crippen LogP contribution >= 0.6 is 0 Å². The highest BCUT2D eigenvalue weighted by Gasteiger charge is 2.28. The zero-order valence-corrected chi connectivity index (χ0v) is 10.0. The van der Waals surface area contributed by atoms with Crippen molar-refractivity contribution in [2.75, 3.05) is 18.2 Å². The van der Waals surface area contributed by atoms with Gasteiger partial charge < -0.3 is 15.8 Å². The molecule has 0 bridgehead atoms. The lowest BCUT2D eigenvalue weighted by atomic mass is 10.0. The van der Waals surface area contributed by atoms with Gasteiger partial charge in [0.2, 0.25) is 0 Å². The molecule has 1 aromatic rings. The second-order valence-corrected chi connectivity index (χ2v) is 4.89. The van der Waals surface area contributed by atoms with Crippen molar-refractivity contribution in [1.82, 2.24) is 0 Å². The van der Waals surface area contributed by atoms with Crippen LogP contribution in [-0.2, 0) is 0 Å². The second kappa shape index (κ2) is 4.24. The number of methoxy groups -OCH3 is 1. The fraction of sp³-hybridized carbons (Fsp3) is 0.538. The Morgan fingerprint density at radius 3 is 2.56 bits per heavy atom. The van der Waals surface area contributed by atoms with Gasteiger partial charge >= 0.3 is 0 Å². The fourth-order valence-corrected chi connectivity index (χ4v) is 2.44. The Morgan fingerprint density at radius 1 is 1.25 bits per heavy atom. The SMILES string of the molecule is COc1cc(N)cc(NC2(C)CCCC2)c1. The topological polar surface area (TPSA) is 47.3 Å². The monoisotopic (exact) mass is 220 g/mol. The molecule has 2 rings (SSSR count). The number of nitrogen functional groups attached to an aromatic ring is 1. The molecule has 1 aromatic carbocycles. The lowest BCUT2D eigenvalue weighted by Gasteiger charge is -2.27. The van der Waals surface area contributed by atoms with Gasteiger partial charge in [0.25, 0.3) is 0 Å². The van der Waals surface area contributed by atoms with Crippen LogP contribution in [0.15, 0.2) is 18.2 Å². The number of nitrogens with two attached hydrogens (primary N) is 1. The largest absolute Gasteiger partial charge is 0.497 e. The lowest BCUT2D eigenvalue weighted by Crippen LogP contribution is -2.30. The quantitative estimate of drug-likeness (QED) is 0.770. The molecule has 0 atom stereocenters. The Kier molecular flexibility index (Phi) is 2.95. The molecule has 1 fully saturated rings. The molecule has 88 valence electrons. The summed E-state index contributed by atoms with van der Waals surface area (Å²) in [6.45, 7) is 2.27. The number of hydrogen-bond acceptors (Lipinski definition) is 3. The first-order valence-electron chi connectivity index (χ1n) is 5.84. The maximum Gasteiger partial charge on any atom is 0.122 e. The summed E-state index contributed by atoms with van der Waals surface area (Å²) < 4.78 is 5.21. The highest BCUT2D eigenvalue weighted by atomic mass is 16.5. The fourth-order valence-electron chi connectivity index (χ4n) is 2.44. The second-order valence-electron chi connectivity index (χ2n) is 4.89. The van der Waals surface area contributed by atoms with E-state index < -0.39 is 0 Å². The van der Waals surface area contributed by atoms with E-state index in [1.54, 1.807) is 7.11 Å². The normalized spacial score (nSPS) is 18.4. The minimum absolute atomic E-state index is 0.221. The van der Waals surface area contributed by atoms with Gasteiger partial charge in [-0.1, -0.05) is 12.8 Å². The smallest absolute Gasteiger partial charge is 0.122 e. The van der Waals surface area contributed by atoms with Gasteiger partial charge in [-0.3, -0.25) is 0 Å². The van der Waals surface area contributed by atoms with Crippen LogP contribution in [0.1, 0.15) is 32.6 Å². The van der Waals surface area contributed by atoms with Gasteiger partial charge in [-0.25, -0.2) is 0 Å². The van der Waals surface area contributed by atoms with E-state index in [0.29, 0.717) is 0 Å². The molecule has 0 amide bonds. The molecule has 3 nitrogen and oxygen atoms in total. The molecule has 0 aliphatic heterocycles. The number of hydrogen-bond donors (Lipinski definition) is 2. The Balaban J connectivity index is 2.17. The van der Waals surface area contributed by atoms with E-state index in [0.717, 1.165) is 17.1 Å². The van der Waals surface area contributed by atoms with Crippen molar-refractivity contribution in [3.63, 3.8) is 0 Å². The molecule has 1 aliphatic carbocycles. The van der Waals surface area contributed by atoms with Crippen LogP contribution in [-0.4, -0.2) is 12.6 Å². The van der Waals surface area contributed by atoms with Gasteiger partial charge in [0.15, 0.2) is 0 Å². The van der Waals surface area contributed by atoms with Crippen LogP contribution in [0.2, 0.25) is 0 Å². The molecule has 3 heteroatoms. The standard InChI is InChI=1S/C13H20N2O/c1-13(5-3-4-6-13)15-11-7-10(14)8-12(9-11)16-2/h7-9,15H,3-6,14H2,1-2H3. The molecule has 0 aromatic heterocycles. The van der Waals surface area contributed by atoms with Gasteiger partial charge in [-0.15, -0.1) is 0 Å². The molecule has 1 aliphatic rings. The molecular weight excluding hydrogens is 200 g/mol. The van der Waals surface area contributed by atoms with E-state index in [4.69, 9.17) is 10.5 Å². The number of ether oxygens (including phenoxy) is 1. The predicted molar refractivity (Wildman–Crippen MR) is 67.9 cm³/mol. The summed E-state index contributed by atoms with van der Waals surface area (Å²) in [5.74, 6) is 0.809. The van der Waals surface area contributed by atoms with Crippen LogP contribution in [0.25, 0.3) is 0 Å². The molecule has 3 N–H and O–H groups in total. The first kappa shape index (κ1) is 11.1. The Hall–Kier alpha value is -1.38. The highest BCUT2D eigenvalue weighted by molar-refractivity contribution is 5.60. The van der Waals surface area contributed by atoms with Crippen molar-refractivity contribution in [2.24, 2.45) is 0 Å². The van der Waals surface area contributed by atoms with E-state index in [1.807, 2.05) is 18.2 Å². The average molecular weight is 220 g/mol. The first-order chi connectivity index (χ1) is 7.61. The van der Waals surface area contributed by atoms with Crippen LogP contribution in [0.4, 0.5) is 11.4 Å². The van der Waals surface area contributed by atoms with Crippen molar-refractivity contribution >= 4 is 11.4 Å². The van der Waals surface area contributed by atoms with E-state index in [-0.39, 0.29) is 5.54 Å². The maximum absolute atomic E-state index is 5.83. The minimum Gasteiger partial charge on any atom is -0.497 e. The summed E-state index contributed by atoms with van der Waals surface area (Å²) in [5.41, 5.74) is 7.85. The first-order valence-corrected chi connectivity index (χ1v) is 5.84. The molecule has 16 heavy (non-hydrogen) atoms. The van der Waals surface area contributed by atoms with Gasteiger partial charge in [0.05, 0.1) is 7.11 Å². The maximum atomic E-state index is 5.83. The predicted octanol–water partition coefficient (Wildman–Crippen LogP) is 3.02. The van der Waals surface area contributed by atoms with Crippen molar-refractivity contribution in [3.8, 4) is 5.75 Å². The summed E-state index contributed by atoms with van der Waals surface area (Å²) in [5, 5.41) is 3.57. The Labute approximate surface area is 97.0 Å². The van der Waals surface area contributed by atoms with Gasteiger partial charge in [-0.2, -0.15) is 0 Å². The zero-order chi connectivity index (χ0) is 11.6. The third-order valence-electron chi connectivity index (χ3n) is 3.32. The number of rotatable bonds is 3. The summed E-state index contributed by atoms with van der Waals surface area (Å²) in [6.07, 6.45) is 5.07. The lowest BCUT2D eigenvalue weighted by molar-refractivity contribution is 0.415. The number of benzene rings is 1. The summed E-state index contributed by atoms with van der Waals surface area (Å²) in [7, 11) is 1.66. The number of anilines is 2. The van der Waals surface area contributed by atoms with Crippen LogP contribution < -0.4 is 15.8 Å². The van der Waals surface area contributed by atoms with E-state index >= 15 is 0 Å². The summed E-state index contributed by atoms with van der Waals surface area (Å²) in [6, 6.07) is 5.80. The summed E-state index contributed by atoms with van der Waals surface area (Å²) >= 11 is 0. The third kappa shape index (κ3) is 2.40. The minimum atomic E-state index is 0.221. The van der Waals surface area contributed by atoms with Crippen molar-refractivity contribution < 1.29 is 4.74 Å². The van der Waals surface area contributed by atoms with Crippen molar-refractivity contribution in [1.29, 1.82) is 0 Å². The third-order valence-corrected chi connectivity index (χ3v) is 3.32. The highest BCUT2D eigenvalue weighted by Crippen LogP contribution is 2.34. The average Bonchev–Trinajstić information content (AvgIpc) is 2.63. The molecule has 0 heterocycles. The molecular formula is C13H20N2O. The molecule has 0 unspecified atom stereocenters. The van der Waals surface area contributed by atoms with E-state index in [1.165, 1.54) is 25.7 Å². The molecule has 0 spiro atoms. The van der Waals surface area contributed by atoms with E-state index in [2.05, 4.69) is 12.2 Å². The van der Waals surface area contributed by atoms with Gasteiger partial charge in [0.1, 0.15) is 5.75 Å². The molecule has 0 radical (unpaired) electrons. The zero-order valence-electron chi connectivity index (χ0n) is 10.0. The van der Waals surface area contributed by atoms with Crippen LogP contribution in [0, 0.1) is 0 Å². The van der Waals surface area contributed by atoms with Gasteiger partial charge in [0, 0.05) is 29.0 Å². The number of nitrogens with one attached hydrogen (secondary N) is 1. The molecule has 0 saturated heterocycles. The van der Waals surface area contributed by atoms with Gasteiger partial charge in [-0.05, 0) is 25.8 Å². The van der Waals surface area contributed by atoms with Crippen LogP contribution in [0.5, 0.6) is 5.75 Å². The molecule has 1 saturated carbocycles. The van der Waals surface area contributed by atoms with E-state index in [9.17, 15) is 0 Å². The Bertz CT molecular complexity index is 370.